The standard InChI is InChI=1S/C20H23NO6/c1-5-6-21(11-13-7-15(22)19(23)16(8-13)25-2)12-14-9-17(26-3)20(24)18(10-14)27-4/h1,7-10,22-24H,6,11-12H2,2-4H3. The quantitative estimate of drug-likeness (QED) is 0.484. The van der Waals surface area contributed by atoms with Gasteiger partial charge in [-0.05, 0) is 35.4 Å². The average Bonchev–Trinajstić information content (AvgIpc) is 2.65. The Labute approximate surface area is 158 Å². The van der Waals surface area contributed by atoms with Gasteiger partial charge in [0.05, 0.1) is 27.9 Å². The third kappa shape index (κ3) is 4.68. The molecule has 0 spiro atoms. The van der Waals surface area contributed by atoms with Gasteiger partial charge in [0.15, 0.2) is 23.0 Å². The molecule has 2 rings (SSSR count). The molecule has 0 fully saturated rings. The van der Waals surface area contributed by atoms with Gasteiger partial charge in [0.2, 0.25) is 11.5 Å². The summed E-state index contributed by atoms with van der Waals surface area (Å²) >= 11 is 0. The van der Waals surface area contributed by atoms with Crippen LogP contribution in [-0.2, 0) is 13.1 Å². The second-order valence-electron chi connectivity index (χ2n) is 5.86. The van der Waals surface area contributed by atoms with Crippen LogP contribution in [0.1, 0.15) is 11.1 Å². The molecule has 0 bridgehead atoms. The molecule has 0 aromatic heterocycles. The van der Waals surface area contributed by atoms with Crippen LogP contribution >= 0.6 is 0 Å². The minimum absolute atomic E-state index is 0.0690. The second kappa shape index (κ2) is 8.92. The molecule has 0 aliphatic heterocycles. The van der Waals surface area contributed by atoms with E-state index in [2.05, 4.69) is 5.92 Å². The van der Waals surface area contributed by atoms with Crippen molar-refractivity contribution in [2.45, 2.75) is 13.1 Å². The molecule has 144 valence electrons. The highest BCUT2D eigenvalue weighted by Gasteiger charge is 2.15. The summed E-state index contributed by atoms with van der Waals surface area (Å²) in [5.74, 6) is 2.74. The monoisotopic (exact) mass is 373 g/mol. The number of nitrogens with zero attached hydrogens (tertiary/aromatic N) is 1. The zero-order valence-corrected chi connectivity index (χ0v) is 15.5. The zero-order valence-electron chi connectivity index (χ0n) is 15.5. The Morgan fingerprint density at radius 1 is 0.815 bits per heavy atom. The number of hydrogen-bond acceptors (Lipinski definition) is 7. The number of terminal acetylenes is 1. The first-order chi connectivity index (χ1) is 12.9. The number of ether oxygens (including phenoxy) is 3. The van der Waals surface area contributed by atoms with E-state index < -0.39 is 0 Å². The first-order valence-corrected chi connectivity index (χ1v) is 8.12. The van der Waals surface area contributed by atoms with Gasteiger partial charge >= 0.3 is 0 Å². The fourth-order valence-corrected chi connectivity index (χ4v) is 2.75. The second-order valence-corrected chi connectivity index (χ2v) is 5.86. The number of hydrogen-bond donors (Lipinski definition) is 3. The van der Waals surface area contributed by atoms with Crippen molar-refractivity contribution in [3.63, 3.8) is 0 Å². The molecular weight excluding hydrogens is 350 g/mol. The third-order valence-electron chi connectivity index (χ3n) is 4.00. The Morgan fingerprint density at radius 3 is 1.70 bits per heavy atom. The predicted octanol–water partition coefficient (Wildman–Crippen LogP) is 2.46. The Hall–Kier alpha value is -3.24. The Balaban J connectivity index is 2.29. The van der Waals surface area contributed by atoms with Crippen molar-refractivity contribution in [2.24, 2.45) is 0 Å². The average molecular weight is 373 g/mol. The molecule has 0 amide bonds. The van der Waals surface area contributed by atoms with Crippen LogP contribution < -0.4 is 14.2 Å². The maximum absolute atomic E-state index is 10.0. The highest BCUT2D eigenvalue weighted by Crippen LogP contribution is 2.38. The summed E-state index contributed by atoms with van der Waals surface area (Å²) < 4.78 is 15.4. The van der Waals surface area contributed by atoms with E-state index in [1.54, 1.807) is 18.2 Å². The van der Waals surface area contributed by atoms with Crippen molar-refractivity contribution in [1.82, 2.24) is 4.90 Å². The zero-order chi connectivity index (χ0) is 20.0. The lowest BCUT2D eigenvalue weighted by Crippen LogP contribution is -2.23. The summed E-state index contributed by atoms with van der Waals surface area (Å²) in [5, 5.41) is 29.7. The number of methoxy groups -OCH3 is 3. The maximum Gasteiger partial charge on any atom is 0.200 e. The van der Waals surface area contributed by atoms with E-state index in [1.165, 1.54) is 27.4 Å². The molecule has 0 aliphatic carbocycles. The van der Waals surface area contributed by atoms with Crippen LogP contribution in [0.2, 0.25) is 0 Å². The van der Waals surface area contributed by atoms with Crippen molar-refractivity contribution in [3.05, 3.63) is 35.4 Å². The molecule has 0 aliphatic rings. The molecule has 7 nitrogen and oxygen atoms in total. The van der Waals surface area contributed by atoms with Crippen LogP contribution in [-0.4, -0.2) is 48.1 Å². The summed E-state index contributed by atoms with van der Waals surface area (Å²) in [4.78, 5) is 1.94. The molecule has 7 heteroatoms. The number of phenols is 3. The van der Waals surface area contributed by atoms with Crippen molar-refractivity contribution in [2.75, 3.05) is 27.9 Å². The van der Waals surface area contributed by atoms with Crippen LogP contribution in [0.3, 0.4) is 0 Å². The number of aromatic hydroxyl groups is 3. The maximum atomic E-state index is 10.0. The van der Waals surface area contributed by atoms with E-state index in [-0.39, 0.29) is 23.0 Å². The van der Waals surface area contributed by atoms with E-state index in [0.29, 0.717) is 31.1 Å². The highest BCUT2D eigenvalue weighted by molar-refractivity contribution is 5.53. The van der Waals surface area contributed by atoms with Crippen molar-refractivity contribution in [1.29, 1.82) is 0 Å². The van der Waals surface area contributed by atoms with E-state index >= 15 is 0 Å². The molecule has 0 heterocycles. The molecule has 0 radical (unpaired) electrons. The molecule has 0 saturated heterocycles. The van der Waals surface area contributed by atoms with Gasteiger partial charge in [-0.25, -0.2) is 0 Å². The highest BCUT2D eigenvalue weighted by atomic mass is 16.5. The Bertz CT molecular complexity index is 818. The Morgan fingerprint density at radius 2 is 1.26 bits per heavy atom. The molecule has 0 atom stereocenters. The van der Waals surface area contributed by atoms with Gasteiger partial charge in [0.25, 0.3) is 0 Å². The van der Waals surface area contributed by atoms with Crippen molar-refractivity contribution in [3.8, 4) is 46.8 Å². The van der Waals surface area contributed by atoms with Gasteiger partial charge in [0, 0.05) is 13.1 Å². The minimum atomic E-state index is -0.308. The van der Waals surface area contributed by atoms with Crippen molar-refractivity contribution < 1.29 is 29.5 Å². The summed E-state index contributed by atoms with van der Waals surface area (Å²) in [6.45, 7) is 1.19. The first-order valence-electron chi connectivity index (χ1n) is 8.12. The number of rotatable bonds is 8. The van der Waals surface area contributed by atoms with E-state index in [9.17, 15) is 15.3 Å². The van der Waals surface area contributed by atoms with Gasteiger partial charge < -0.3 is 29.5 Å². The lowest BCUT2D eigenvalue weighted by atomic mass is 10.1. The largest absolute Gasteiger partial charge is 0.504 e. The smallest absolute Gasteiger partial charge is 0.200 e. The lowest BCUT2D eigenvalue weighted by Gasteiger charge is -2.21. The van der Waals surface area contributed by atoms with Gasteiger partial charge in [-0.1, -0.05) is 5.92 Å². The molecular formula is C20H23NO6. The molecule has 0 unspecified atom stereocenters. The fourth-order valence-electron chi connectivity index (χ4n) is 2.75. The fraction of sp³-hybridized carbons (Fsp3) is 0.300. The Kier molecular flexibility index (Phi) is 6.63. The third-order valence-corrected chi connectivity index (χ3v) is 4.00. The topological polar surface area (TPSA) is 91.6 Å². The summed E-state index contributed by atoms with van der Waals surface area (Å²) in [6.07, 6.45) is 5.49. The number of phenolic OH excluding ortho intramolecular Hbond substituents is 3. The summed E-state index contributed by atoms with van der Waals surface area (Å²) in [7, 11) is 4.33. The van der Waals surface area contributed by atoms with Gasteiger partial charge in [-0.3, -0.25) is 4.90 Å². The first kappa shape index (κ1) is 20.1. The van der Waals surface area contributed by atoms with Crippen LogP contribution in [0, 0.1) is 12.3 Å². The van der Waals surface area contributed by atoms with Crippen LogP contribution in [0.4, 0.5) is 0 Å². The lowest BCUT2D eigenvalue weighted by molar-refractivity contribution is 0.285. The summed E-state index contributed by atoms with van der Waals surface area (Å²) in [5.41, 5.74) is 1.54. The van der Waals surface area contributed by atoms with Gasteiger partial charge in [0.1, 0.15) is 0 Å². The predicted molar refractivity (Wildman–Crippen MR) is 100 cm³/mol. The van der Waals surface area contributed by atoms with Crippen LogP contribution in [0.25, 0.3) is 0 Å². The molecule has 2 aromatic carbocycles. The molecule has 0 saturated carbocycles. The summed E-state index contributed by atoms with van der Waals surface area (Å²) in [6, 6.07) is 6.50. The van der Waals surface area contributed by atoms with Crippen molar-refractivity contribution >= 4 is 0 Å². The normalized spacial score (nSPS) is 10.5. The minimum Gasteiger partial charge on any atom is -0.504 e. The van der Waals surface area contributed by atoms with Crippen LogP contribution in [0.15, 0.2) is 24.3 Å². The van der Waals surface area contributed by atoms with E-state index in [1.807, 2.05) is 4.90 Å². The van der Waals surface area contributed by atoms with Gasteiger partial charge in [-0.2, -0.15) is 0 Å². The van der Waals surface area contributed by atoms with E-state index in [0.717, 1.165) is 11.1 Å². The number of benzene rings is 2. The molecule has 3 N–H and O–H groups in total. The molecule has 2 aromatic rings. The van der Waals surface area contributed by atoms with Crippen LogP contribution in [0.5, 0.6) is 34.5 Å². The SMILES string of the molecule is C#CCN(Cc1cc(O)c(O)c(OC)c1)Cc1cc(OC)c(O)c(OC)c1. The molecule has 27 heavy (non-hydrogen) atoms. The van der Waals surface area contributed by atoms with E-state index in [4.69, 9.17) is 20.6 Å². The van der Waals surface area contributed by atoms with Gasteiger partial charge in [-0.15, -0.1) is 6.42 Å².